The maximum atomic E-state index is 12.4. The standard InChI is InChI=1S/C15H18F3N3O2/c1-10(21(2)9-12(22)15(16,17)18)14-19-13(20-23-14)8-11-6-4-3-5-7-11/h3-7,10,12,22H,8-9H2,1-2H3. The van der Waals surface area contributed by atoms with Crippen LogP contribution < -0.4 is 0 Å². The van der Waals surface area contributed by atoms with Crippen molar-refractivity contribution in [3.63, 3.8) is 0 Å². The molecule has 0 bridgehead atoms. The van der Waals surface area contributed by atoms with Crippen molar-refractivity contribution < 1.29 is 22.8 Å². The van der Waals surface area contributed by atoms with Gasteiger partial charge in [0.15, 0.2) is 11.9 Å². The first-order valence-electron chi connectivity index (χ1n) is 7.09. The van der Waals surface area contributed by atoms with Gasteiger partial charge in [0.05, 0.1) is 6.04 Å². The number of likely N-dealkylation sites (N-methyl/N-ethyl adjacent to an activating group) is 1. The Hall–Kier alpha value is -1.93. The summed E-state index contributed by atoms with van der Waals surface area (Å²) in [5.41, 5.74) is 1.01. The van der Waals surface area contributed by atoms with Gasteiger partial charge in [0.2, 0.25) is 5.89 Å². The maximum Gasteiger partial charge on any atom is 0.415 e. The van der Waals surface area contributed by atoms with Crippen molar-refractivity contribution in [1.29, 1.82) is 0 Å². The van der Waals surface area contributed by atoms with Crippen LogP contribution in [0.25, 0.3) is 0 Å². The van der Waals surface area contributed by atoms with Crippen molar-refractivity contribution in [2.24, 2.45) is 0 Å². The van der Waals surface area contributed by atoms with E-state index in [1.54, 1.807) is 6.92 Å². The number of rotatable bonds is 6. The van der Waals surface area contributed by atoms with Crippen molar-refractivity contribution in [1.82, 2.24) is 15.0 Å². The van der Waals surface area contributed by atoms with Crippen LogP contribution in [0.5, 0.6) is 0 Å². The molecule has 1 N–H and O–H groups in total. The highest BCUT2D eigenvalue weighted by molar-refractivity contribution is 5.18. The van der Waals surface area contributed by atoms with Gasteiger partial charge in [-0.15, -0.1) is 0 Å². The second kappa shape index (κ2) is 7.10. The molecule has 0 saturated heterocycles. The smallest absolute Gasteiger partial charge is 0.382 e. The van der Waals surface area contributed by atoms with Crippen LogP contribution in [0.15, 0.2) is 34.9 Å². The molecule has 1 aromatic heterocycles. The minimum absolute atomic E-state index is 0.216. The van der Waals surface area contributed by atoms with Gasteiger partial charge in [-0.25, -0.2) is 0 Å². The molecule has 2 atom stereocenters. The molecule has 0 aliphatic rings. The SMILES string of the molecule is CC(c1nc(Cc2ccccc2)no1)N(C)CC(O)C(F)(F)F. The molecular formula is C15H18F3N3O2. The molecule has 126 valence electrons. The Morgan fingerprint density at radius 2 is 1.91 bits per heavy atom. The van der Waals surface area contributed by atoms with Gasteiger partial charge < -0.3 is 9.63 Å². The van der Waals surface area contributed by atoms with Gasteiger partial charge in [0.1, 0.15) is 0 Å². The van der Waals surface area contributed by atoms with Gasteiger partial charge in [0, 0.05) is 13.0 Å². The van der Waals surface area contributed by atoms with Crippen LogP contribution >= 0.6 is 0 Å². The molecule has 2 unspecified atom stereocenters. The van der Waals surface area contributed by atoms with Gasteiger partial charge in [-0.3, -0.25) is 4.90 Å². The predicted octanol–water partition coefficient (Wildman–Crippen LogP) is 2.58. The van der Waals surface area contributed by atoms with Crippen LogP contribution in [0.4, 0.5) is 13.2 Å². The van der Waals surface area contributed by atoms with Crippen molar-refractivity contribution in [3.05, 3.63) is 47.6 Å². The van der Waals surface area contributed by atoms with Gasteiger partial charge in [0.25, 0.3) is 0 Å². The Bertz CT molecular complexity index is 616. The largest absolute Gasteiger partial charge is 0.415 e. The summed E-state index contributed by atoms with van der Waals surface area (Å²) in [5.74, 6) is 0.677. The predicted molar refractivity (Wildman–Crippen MR) is 76.7 cm³/mol. The summed E-state index contributed by atoms with van der Waals surface area (Å²) in [4.78, 5) is 5.53. The van der Waals surface area contributed by atoms with Crippen LogP contribution in [0, 0.1) is 0 Å². The fraction of sp³-hybridized carbons (Fsp3) is 0.467. The lowest BCUT2D eigenvalue weighted by atomic mass is 10.1. The minimum atomic E-state index is -4.65. The van der Waals surface area contributed by atoms with Crippen LogP contribution in [0.1, 0.15) is 30.2 Å². The van der Waals surface area contributed by atoms with Gasteiger partial charge >= 0.3 is 6.18 Å². The summed E-state index contributed by atoms with van der Waals surface area (Å²) in [6.07, 6.45) is -6.59. The summed E-state index contributed by atoms with van der Waals surface area (Å²) in [7, 11) is 1.46. The Balaban J connectivity index is 1.99. The quantitative estimate of drug-likeness (QED) is 0.882. The average molecular weight is 329 g/mol. The van der Waals surface area contributed by atoms with E-state index in [2.05, 4.69) is 10.1 Å². The zero-order chi connectivity index (χ0) is 17.0. The van der Waals surface area contributed by atoms with E-state index in [0.29, 0.717) is 12.2 Å². The highest BCUT2D eigenvalue weighted by Gasteiger charge is 2.39. The minimum Gasteiger partial charge on any atom is -0.382 e. The number of aliphatic hydroxyl groups excluding tert-OH is 1. The highest BCUT2D eigenvalue weighted by atomic mass is 19.4. The number of halogens is 3. The van der Waals surface area contributed by atoms with Crippen LogP contribution in [0.2, 0.25) is 0 Å². The third-order valence-corrected chi connectivity index (χ3v) is 3.55. The number of benzene rings is 1. The van der Waals surface area contributed by atoms with E-state index in [0.717, 1.165) is 5.56 Å². The van der Waals surface area contributed by atoms with Gasteiger partial charge in [-0.1, -0.05) is 35.5 Å². The zero-order valence-electron chi connectivity index (χ0n) is 12.8. The number of aliphatic hydroxyl groups is 1. The summed E-state index contributed by atoms with van der Waals surface area (Å²) < 4.78 is 42.3. The molecule has 2 rings (SSSR count). The molecule has 0 amide bonds. The van der Waals surface area contributed by atoms with E-state index in [1.807, 2.05) is 30.3 Å². The van der Waals surface area contributed by atoms with Crippen molar-refractivity contribution in [2.75, 3.05) is 13.6 Å². The summed E-state index contributed by atoms with van der Waals surface area (Å²) in [6, 6.07) is 8.99. The lowest BCUT2D eigenvalue weighted by molar-refractivity contribution is -0.208. The molecule has 2 aromatic rings. The molecule has 23 heavy (non-hydrogen) atoms. The van der Waals surface area contributed by atoms with E-state index < -0.39 is 24.9 Å². The Labute approximate surface area is 131 Å². The van der Waals surface area contributed by atoms with Crippen LogP contribution in [-0.4, -0.2) is 46.0 Å². The monoisotopic (exact) mass is 329 g/mol. The molecule has 0 saturated carbocycles. The first-order chi connectivity index (χ1) is 10.8. The highest BCUT2D eigenvalue weighted by Crippen LogP contribution is 2.24. The Morgan fingerprint density at radius 3 is 2.52 bits per heavy atom. The van der Waals surface area contributed by atoms with E-state index in [-0.39, 0.29) is 5.89 Å². The Kier molecular flexibility index (Phi) is 5.38. The topological polar surface area (TPSA) is 62.4 Å². The number of hydrogen-bond donors (Lipinski definition) is 1. The summed E-state index contributed by atoms with van der Waals surface area (Å²) in [6.45, 7) is 1.07. The second-order valence-corrected chi connectivity index (χ2v) is 5.38. The first kappa shape index (κ1) is 17.4. The number of nitrogens with zero attached hydrogens (tertiary/aromatic N) is 3. The first-order valence-corrected chi connectivity index (χ1v) is 7.09. The lowest BCUT2D eigenvalue weighted by Gasteiger charge is -2.25. The second-order valence-electron chi connectivity index (χ2n) is 5.38. The molecule has 5 nitrogen and oxygen atoms in total. The molecule has 0 spiro atoms. The number of hydrogen-bond acceptors (Lipinski definition) is 5. The van der Waals surface area contributed by atoms with E-state index in [4.69, 9.17) is 9.63 Å². The third kappa shape index (κ3) is 4.77. The molecule has 1 heterocycles. The van der Waals surface area contributed by atoms with Gasteiger partial charge in [-0.2, -0.15) is 18.2 Å². The molecule has 0 aliphatic carbocycles. The fourth-order valence-corrected chi connectivity index (χ4v) is 2.01. The van der Waals surface area contributed by atoms with Crippen molar-refractivity contribution in [3.8, 4) is 0 Å². The lowest BCUT2D eigenvalue weighted by Crippen LogP contribution is -2.40. The van der Waals surface area contributed by atoms with Crippen LogP contribution in [0.3, 0.4) is 0 Å². The molecule has 1 aromatic carbocycles. The van der Waals surface area contributed by atoms with E-state index in [1.165, 1.54) is 11.9 Å². The van der Waals surface area contributed by atoms with E-state index >= 15 is 0 Å². The molecule has 0 fully saturated rings. The molecular weight excluding hydrogens is 311 g/mol. The third-order valence-electron chi connectivity index (χ3n) is 3.55. The summed E-state index contributed by atoms with van der Waals surface area (Å²) in [5, 5.41) is 13.0. The molecule has 8 heteroatoms. The Morgan fingerprint density at radius 1 is 1.26 bits per heavy atom. The number of aromatic nitrogens is 2. The van der Waals surface area contributed by atoms with E-state index in [9.17, 15) is 13.2 Å². The van der Waals surface area contributed by atoms with Crippen molar-refractivity contribution in [2.45, 2.75) is 31.7 Å². The van der Waals surface area contributed by atoms with Gasteiger partial charge in [-0.05, 0) is 19.5 Å². The fourth-order valence-electron chi connectivity index (χ4n) is 2.01. The molecule has 0 aliphatic heterocycles. The maximum absolute atomic E-state index is 12.4. The van der Waals surface area contributed by atoms with Crippen molar-refractivity contribution >= 4 is 0 Å². The summed E-state index contributed by atoms with van der Waals surface area (Å²) >= 11 is 0. The zero-order valence-corrected chi connectivity index (χ0v) is 12.8. The molecule has 0 radical (unpaired) electrons. The average Bonchev–Trinajstić information content (AvgIpc) is 2.94. The normalized spacial score (nSPS) is 14.9. The number of alkyl halides is 3. The van der Waals surface area contributed by atoms with Crippen LogP contribution in [-0.2, 0) is 6.42 Å².